The van der Waals surface area contributed by atoms with Crippen LogP contribution in [0.2, 0.25) is 0 Å². The van der Waals surface area contributed by atoms with Gasteiger partial charge >= 0.3 is 0 Å². The van der Waals surface area contributed by atoms with Gasteiger partial charge in [0, 0.05) is 11.1 Å². The van der Waals surface area contributed by atoms with Crippen LogP contribution in [0.5, 0.6) is 0 Å². The first kappa shape index (κ1) is 13.5. The Labute approximate surface area is 126 Å². The van der Waals surface area contributed by atoms with Crippen LogP contribution in [-0.4, -0.2) is 21.9 Å². The Bertz CT molecular complexity index is 770. The summed E-state index contributed by atoms with van der Waals surface area (Å²) in [7, 11) is 0. The molecule has 1 N–H and O–H groups in total. The highest BCUT2D eigenvalue weighted by Crippen LogP contribution is 2.25. The highest BCUT2D eigenvalue weighted by molar-refractivity contribution is 6.68. The molecule has 0 aromatic heterocycles. The number of hydrogen-bond acceptors (Lipinski definition) is 3. The molecule has 0 unspecified atom stereocenters. The van der Waals surface area contributed by atoms with Crippen molar-refractivity contribution in [2.45, 2.75) is 6.54 Å². The maximum atomic E-state index is 12.6. The Kier molecular flexibility index (Phi) is 3.31. The number of amidine groups is 1. The van der Waals surface area contributed by atoms with Gasteiger partial charge in [-0.1, -0.05) is 36.4 Å². The zero-order valence-electron chi connectivity index (χ0n) is 11.0. The van der Waals surface area contributed by atoms with Gasteiger partial charge < -0.3 is 0 Å². The lowest BCUT2D eigenvalue weighted by atomic mass is 10.1. The minimum absolute atomic E-state index is 0.146. The fourth-order valence-electron chi connectivity index (χ4n) is 2.44. The molecule has 0 radical (unpaired) electrons. The average molecular weight is 299 g/mol. The lowest BCUT2D eigenvalue weighted by Gasteiger charge is -2.17. The van der Waals surface area contributed by atoms with Gasteiger partial charge in [-0.2, -0.15) is 0 Å². The van der Waals surface area contributed by atoms with Crippen molar-refractivity contribution < 1.29 is 9.59 Å². The van der Waals surface area contributed by atoms with Crippen LogP contribution in [0, 0.1) is 5.41 Å². The second-order valence-electron chi connectivity index (χ2n) is 4.72. The zero-order valence-corrected chi connectivity index (χ0v) is 11.7. The van der Waals surface area contributed by atoms with Gasteiger partial charge in [0.25, 0.3) is 11.1 Å². The van der Waals surface area contributed by atoms with E-state index in [2.05, 4.69) is 0 Å². The van der Waals surface area contributed by atoms with Crippen LogP contribution in [0.4, 0.5) is 0 Å². The fourth-order valence-corrected chi connectivity index (χ4v) is 2.61. The molecule has 4 nitrogen and oxygen atoms in total. The molecular formula is C16H11ClN2O2. The van der Waals surface area contributed by atoms with Crippen LogP contribution in [0.1, 0.15) is 31.8 Å². The van der Waals surface area contributed by atoms with Gasteiger partial charge in [-0.05, 0) is 29.3 Å². The molecule has 2 aromatic rings. The van der Waals surface area contributed by atoms with Crippen LogP contribution in [0.15, 0.2) is 48.5 Å². The number of halogens is 1. The van der Waals surface area contributed by atoms with E-state index in [1.54, 1.807) is 18.2 Å². The van der Waals surface area contributed by atoms with Crippen LogP contribution in [-0.2, 0) is 6.54 Å². The van der Waals surface area contributed by atoms with Gasteiger partial charge in [-0.25, -0.2) is 0 Å². The third-order valence-corrected chi connectivity index (χ3v) is 3.69. The van der Waals surface area contributed by atoms with Crippen molar-refractivity contribution in [3.05, 3.63) is 70.8 Å². The Morgan fingerprint density at radius 1 is 1.00 bits per heavy atom. The summed E-state index contributed by atoms with van der Waals surface area (Å²) in [5, 5.41) is 7.45. The molecule has 3 rings (SSSR count). The van der Waals surface area contributed by atoms with Crippen molar-refractivity contribution in [1.29, 1.82) is 5.41 Å². The third kappa shape index (κ3) is 2.23. The van der Waals surface area contributed by atoms with Crippen molar-refractivity contribution >= 4 is 28.6 Å². The van der Waals surface area contributed by atoms with E-state index in [1.165, 1.54) is 11.0 Å². The zero-order chi connectivity index (χ0) is 15.0. The van der Waals surface area contributed by atoms with Crippen molar-refractivity contribution in [3.8, 4) is 0 Å². The van der Waals surface area contributed by atoms with Gasteiger partial charge in [-0.3, -0.25) is 19.9 Å². The molecule has 1 heterocycles. The quantitative estimate of drug-likeness (QED) is 0.866. The SMILES string of the molecule is N=C1c2ccccc2CN1C(=O)c1ccccc1C(=O)Cl. The fraction of sp³-hybridized carbons (Fsp3) is 0.0625. The number of hydrogen-bond donors (Lipinski definition) is 1. The predicted molar refractivity (Wildman–Crippen MR) is 79.8 cm³/mol. The van der Waals surface area contributed by atoms with E-state index < -0.39 is 5.24 Å². The number of nitrogens with zero attached hydrogens (tertiary/aromatic N) is 1. The summed E-state index contributed by atoms with van der Waals surface area (Å²) in [6.45, 7) is 0.332. The first-order valence-electron chi connectivity index (χ1n) is 6.37. The molecule has 1 aliphatic rings. The summed E-state index contributed by atoms with van der Waals surface area (Å²) < 4.78 is 0. The summed E-state index contributed by atoms with van der Waals surface area (Å²) in [5.41, 5.74) is 2.04. The van der Waals surface area contributed by atoms with E-state index in [0.717, 1.165) is 11.1 Å². The van der Waals surface area contributed by atoms with Crippen molar-refractivity contribution in [3.63, 3.8) is 0 Å². The number of nitrogens with one attached hydrogen (secondary N) is 1. The maximum Gasteiger partial charge on any atom is 0.260 e. The van der Waals surface area contributed by atoms with E-state index in [1.807, 2.05) is 24.3 Å². The predicted octanol–water partition coefficient (Wildman–Crippen LogP) is 3.05. The van der Waals surface area contributed by atoms with Crippen LogP contribution in [0.25, 0.3) is 0 Å². The van der Waals surface area contributed by atoms with E-state index in [-0.39, 0.29) is 22.9 Å². The van der Waals surface area contributed by atoms with E-state index >= 15 is 0 Å². The topological polar surface area (TPSA) is 61.2 Å². The van der Waals surface area contributed by atoms with Crippen LogP contribution in [0.3, 0.4) is 0 Å². The number of rotatable bonds is 2. The minimum atomic E-state index is -0.679. The molecule has 0 fully saturated rings. The van der Waals surface area contributed by atoms with Crippen molar-refractivity contribution in [2.24, 2.45) is 0 Å². The number of carbonyl (C=O) groups excluding carboxylic acids is 2. The highest BCUT2D eigenvalue weighted by atomic mass is 35.5. The van der Waals surface area contributed by atoms with Crippen molar-refractivity contribution in [1.82, 2.24) is 4.90 Å². The molecule has 21 heavy (non-hydrogen) atoms. The summed E-state index contributed by atoms with van der Waals surface area (Å²) in [6.07, 6.45) is 0. The van der Waals surface area contributed by atoms with Gasteiger partial charge in [-0.15, -0.1) is 0 Å². The molecule has 0 bridgehead atoms. The first-order chi connectivity index (χ1) is 10.1. The molecular weight excluding hydrogens is 288 g/mol. The smallest absolute Gasteiger partial charge is 0.260 e. The standard InChI is InChI=1S/C16H11ClN2O2/c17-14(20)12-7-3-4-8-13(12)16(21)19-9-10-5-1-2-6-11(10)15(19)18/h1-8,18H,9H2. The minimum Gasteiger partial charge on any atom is -0.288 e. The third-order valence-electron chi connectivity index (χ3n) is 3.49. The lowest BCUT2D eigenvalue weighted by Crippen LogP contribution is -2.32. The Morgan fingerprint density at radius 3 is 2.29 bits per heavy atom. The Balaban J connectivity index is 1.99. The molecule has 5 heteroatoms. The summed E-state index contributed by atoms with van der Waals surface area (Å²) >= 11 is 5.52. The van der Waals surface area contributed by atoms with Crippen LogP contribution < -0.4 is 0 Å². The summed E-state index contributed by atoms with van der Waals surface area (Å²) in [4.78, 5) is 25.4. The van der Waals surface area contributed by atoms with E-state index in [0.29, 0.717) is 6.54 Å². The summed E-state index contributed by atoms with van der Waals surface area (Å²) in [5.74, 6) is -0.242. The van der Waals surface area contributed by atoms with E-state index in [4.69, 9.17) is 17.0 Å². The Hall–Kier alpha value is -2.46. The van der Waals surface area contributed by atoms with Gasteiger partial charge in [0.1, 0.15) is 5.84 Å². The number of benzene rings is 2. The lowest BCUT2D eigenvalue weighted by molar-refractivity contribution is 0.0841. The van der Waals surface area contributed by atoms with Crippen LogP contribution >= 0.6 is 11.6 Å². The molecule has 1 amide bonds. The molecule has 0 aliphatic carbocycles. The normalized spacial score (nSPS) is 13.2. The number of fused-ring (bicyclic) bond motifs is 1. The number of amides is 1. The molecule has 104 valence electrons. The molecule has 0 saturated heterocycles. The maximum absolute atomic E-state index is 12.6. The van der Waals surface area contributed by atoms with Gasteiger partial charge in [0.2, 0.25) is 0 Å². The summed E-state index contributed by atoms with van der Waals surface area (Å²) in [6, 6.07) is 13.8. The second kappa shape index (κ2) is 5.14. The number of carbonyl (C=O) groups is 2. The monoisotopic (exact) mass is 298 g/mol. The Morgan fingerprint density at radius 2 is 1.62 bits per heavy atom. The van der Waals surface area contributed by atoms with Crippen molar-refractivity contribution in [2.75, 3.05) is 0 Å². The molecule has 1 aliphatic heterocycles. The second-order valence-corrected chi connectivity index (χ2v) is 5.06. The average Bonchev–Trinajstić information content (AvgIpc) is 2.84. The first-order valence-corrected chi connectivity index (χ1v) is 6.75. The largest absolute Gasteiger partial charge is 0.288 e. The molecule has 0 spiro atoms. The molecule has 2 aromatic carbocycles. The molecule has 0 atom stereocenters. The van der Waals surface area contributed by atoms with Gasteiger partial charge in [0.15, 0.2) is 0 Å². The highest BCUT2D eigenvalue weighted by Gasteiger charge is 2.30. The van der Waals surface area contributed by atoms with Gasteiger partial charge in [0.05, 0.1) is 12.1 Å². The van der Waals surface area contributed by atoms with E-state index in [9.17, 15) is 9.59 Å². The molecule has 0 saturated carbocycles.